The Morgan fingerprint density at radius 3 is 2.50 bits per heavy atom. The number of nitrogens with two attached hydrogens (primary N) is 2. The van der Waals surface area contributed by atoms with Gasteiger partial charge < -0.3 is 16.2 Å². The zero-order valence-corrected chi connectivity index (χ0v) is 6.16. The lowest BCUT2D eigenvalue weighted by molar-refractivity contribution is 0.322. The van der Waals surface area contributed by atoms with Gasteiger partial charge in [0.05, 0.1) is 6.61 Å². The minimum Gasteiger partial charge on any atom is -0.465 e. The van der Waals surface area contributed by atoms with E-state index >= 15 is 0 Å². The summed E-state index contributed by atoms with van der Waals surface area (Å²) < 4.78 is 4.78. The van der Waals surface area contributed by atoms with Gasteiger partial charge in [-0.1, -0.05) is 0 Å². The summed E-state index contributed by atoms with van der Waals surface area (Å²) in [5, 5.41) is 0. The molecule has 0 amide bonds. The van der Waals surface area contributed by atoms with Crippen molar-refractivity contribution >= 4 is 12.0 Å². The molecule has 0 aliphatic heterocycles. The van der Waals surface area contributed by atoms with Gasteiger partial charge in [0.15, 0.2) is 0 Å². The first-order valence-corrected chi connectivity index (χ1v) is 2.90. The summed E-state index contributed by atoms with van der Waals surface area (Å²) >= 11 is 0. The van der Waals surface area contributed by atoms with Crippen molar-refractivity contribution in [1.29, 1.82) is 0 Å². The van der Waals surface area contributed by atoms with E-state index in [1.165, 1.54) is 7.05 Å². The Bertz CT molecular complexity index is 152. The first kappa shape index (κ1) is 8.74. The van der Waals surface area contributed by atoms with Gasteiger partial charge in [-0.2, -0.15) is 4.99 Å². The van der Waals surface area contributed by atoms with Crippen LogP contribution in [0.5, 0.6) is 0 Å². The summed E-state index contributed by atoms with van der Waals surface area (Å²) in [5.41, 5.74) is 10.4. The van der Waals surface area contributed by atoms with Gasteiger partial charge in [0.2, 0.25) is 5.96 Å². The molecule has 10 heavy (non-hydrogen) atoms. The largest absolute Gasteiger partial charge is 0.465 e. The Labute approximate surface area is 59.8 Å². The van der Waals surface area contributed by atoms with Crippen molar-refractivity contribution in [2.75, 3.05) is 13.7 Å². The first-order valence-electron chi connectivity index (χ1n) is 2.90. The first-order chi connectivity index (χ1) is 4.70. The average molecular weight is 144 g/mol. The number of aliphatic imine (C=N–C) groups is 2. The summed E-state index contributed by atoms with van der Waals surface area (Å²) in [4.78, 5) is 7.14. The molecule has 0 rings (SSSR count). The average Bonchev–Trinajstić information content (AvgIpc) is 1.88. The smallest absolute Gasteiger partial charge is 0.289 e. The Morgan fingerprint density at radius 2 is 2.10 bits per heavy atom. The van der Waals surface area contributed by atoms with Gasteiger partial charge in [-0.3, -0.25) is 4.99 Å². The second-order valence-electron chi connectivity index (χ2n) is 1.46. The molecule has 4 N–H and O–H groups in total. The molecule has 0 radical (unpaired) electrons. The Hall–Kier alpha value is -1.26. The zero-order valence-electron chi connectivity index (χ0n) is 6.16. The predicted molar refractivity (Wildman–Crippen MR) is 40.8 cm³/mol. The fourth-order valence-electron chi connectivity index (χ4n) is 0.343. The number of rotatable bonds is 1. The molecule has 0 heterocycles. The van der Waals surface area contributed by atoms with Crippen molar-refractivity contribution in [3.8, 4) is 0 Å². The van der Waals surface area contributed by atoms with Crippen LogP contribution < -0.4 is 11.5 Å². The van der Waals surface area contributed by atoms with Crippen molar-refractivity contribution in [2.24, 2.45) is 21.5 Å². The second kappa shape index (κ2) is 4.60. The van der Waals surface area contributed by atoms with Crippen molar-refractivity contribution < 1.29 is 4.74 Å². The molecule has 5 nitrogen and oxygen atoms in total. The molecule has 0 aliphatic carbocycles. The predicted octanol–water partition coefficient (Wildman–Crippen LogP) is -0.718. The minimum absolute atomic E-state index is 0.0469. The van der Waals surface area contributed by atoms with Crippen LogP contribution in [0.1, 0.15) is 6.92 Å². The normalized spacial score (nSPS) is 13.4. The van der Waals surface area contributed by atoms with Gasteiger partial charge in [0, 0.05) is 7.05 Å². The number of ether oxygens (including phenoxy) is 1. The Balaban J connectivity index is 3.90. The van der Waals surface area contributed by atoms with E-state index in [4.69, 9.17) is 16.2 Å². The van der Waals surface area contributed by atoms with Gasteiger partial charge in [0.25, 0.3) is 6.02 Å². The number of hydrogen-bond acceptors (Lipinski definition) is 2. The molecule has 0 aromatic rings. The van der Waals surface area contributed by atoms with Crippen LogP contribution in [0.3, 0.4) is 0 Å². The molecule has 0 aliphatic rings. The maximum absolute atomic E-state index is 5.23. The standard InChI is InChI=1S/C5H12N4O/c1-3-10-5(7)9-4(6)8-2/h3H2,1-2H3,(H4,6,7,8,9). The van der Waals surface area contributed by atoms with Gasteiger partial charge in [-0.05, 0) is 6.92 Å². The lowest BCUT2D eigenvalue weighted by Crippen LogP contribution is -2.21. The monoisotopic (exact) mass is 144 g/mol. The molecule has 0 saturated heterocycles. The van der Waals surface area contributed by atoms with E-state index in [-0.39, 0.29) is 12.0 Å². The summed E-state index contributed by atoms with van der Waals surface area (Å²) in [5.74, 6) is 0.117. The Morgan fingerprint density at radius 1 is 1.50 bits per heavy atom. The fraction of sp³-hybridized carbons (Fsp3) is 0.600. The topological polar surface area (TPSA) is 86.0 Å². The van der Waals surface area contributed by atoms with Gasteiger partial charge in [0.1, 0.15) is 0 Å². The van der Waals surface area contributed by atoms with Crippen LogP contribution in [0.4, 0.5) is 0 Å². The van der Waals surface area contributed by atoms with Crippen LogP contribution in [-0.4, -0.2) is 25.6 Å². The maximum atomic E-state index is 5.23. The highest BCUT2D eigenvalue weighted by Crippen LogP contribution is 1.75. The molecule has 0 aromatic heterocycles. The van der Waals surface area contributed by atoms with Crippen molar-refractivity contribution in [3.63, 3.8) is 0 Å². The van der Waals surface area contributed by atoms with Gasteiger partial charge in [-0.15, -0.1) is 0 Å². The van der Waals surface area contributed by atoms with Gasteiger partial charge >= 0.3 is 0 Å². The summed E-state index contributed by atoms with van der Waals surface area (Å²) in [6, 6.07) is 0.0469. The highest BCUT2D eigenvalue weighted by atomic mass is 16.5. The number of amidine groups is 1. The number of hydrogen-bond donors (Lipinski definition) is 2. The van der Waals surface area contributed by atoms with Crippen LogP contribution in [-0.2, 0) is 4.74 Å². The van der Waals surface area contributed by atoms with E-state index in [0.29, 0.717) is 6.61 Å². The van der Waals surface area contributed by atoms with Crippen molar-refractivity contribution in [2.45, 2.75) is 6.92 Å². The van der Waals surface area contributed by atoms with E-state index in [0.717, 1.165) is 0 Å². The molecule has 0 aromatic carbocycles. The van der Waals surface area contributed by atoms with Crippen molar-refractivity contribution in [3.05, 3.63) is 0 Å². The molecule has 0 bridgehead atoms. The van der Waals surface area contributed by atoms with Crippen LogP contribution in [0.25, 0.3) is 0 Å². The summed E-state index contributed by atoms with van der Waals surface area (Å²) in [6.45, 7) is 2.29. The molecule has 0 unspecified atom stereocenters. The molecular weight excluding hydrogens is 132 g/mol. The molecule has 5 heteroatoms. The summed E-state index contributed by atoms with van der Waals surface area (Å²) in [6.07, 6.45) is 0. The van der Waals surface area contributed by atoms with E-state index in [9.17, 15) is 0 Å². The SMILES string of the molecule is CCOC(N)=NC(N)=NC. The van der Waals surface area contributed by atoms with Crippen molar-refractivity contribution in [1.82, 2.24) is 0 Å². The molecular formula is C5H12N4O. The quantitative estimate of drug-likeness (QED) is 0.376. The highest BCUT2D eigenvalue weighted by molar-refractivity contribution is 5.90. The van der Waals surface area contributed by atoms with Gasteiger partial charge in [-0.25, -0.2) is 0 Å². The lowest BCUT2D eigenvalue weighted by atomic mass is 10.8. The van der Waals surface area contributed by atoms with Crippen LogP contribution in [0, 0.1) is 0 Å². The lowest BCUT2D eigenvalue weighted by Gasteiger charge is -1.98. The maximum Gasteiger partial charge on any atom is 0.289 e. The van der Waals surface area contributed by atoms with E-state index in [2.05, 4.69) is 9.98 Å². The number of guanidine groups is 1. The number of nitrogens with zero attached hydrogens (tertiary/aromatic N) is 2. The summed E-state index contributed by atoms with van der Waals surface area (Å²) in [7, 11) is 1.53. The molecule has 58 valence electrons. The Kier molecular flexibility index (Phi) is 4.02. The zero-order chi connectivity index (χ0) is 7.98. The van der Waals surface area contributed by atoms with Crippen LogP contribution in [0.15, 0.2) is 9.98 Å². The van der Waals surface area contributed by atoms with Crippen LogP contribution in [0.2, 0.25) is 0 Å². The molecule has 0 fully saturated rings. The third-order valence-electron chi connectivity index (χ3n) is 0.746. The third-order valence-corrected chi connectivity index (χ3v) is 0.746. The third kappa shape index (κ3) is 3.71. The molecule has 0 atom stereocenters. The minimum atomic E-state index is 0.0469. The fourth-order valence-corrected chi connectivity index (χ4v) is 0.343. The molecule has 0 spiro atoms. The van der Waals surface area contributed by atoms with E-state index < -0.39 is 0 Å². The second-order valence-corrected chi connectivity index (χ2v) is 1.46. The molecule has 0 saturated carbocycles. The highest BCUT2D eigenvalue weighted by Gasteiger charge is 1.90. The van der Waals surface area contributed by atoms with E-state index in [1.807, 2.05) is 6.92 Å². The van der Waals surface area contributed by atoms with Crippen LogP contribution >= 0.6 is 0 Å². The van der Waals surface area contributed by atoms with E-state index in [1.54, 1.807) is 0 Å².